The van der Waals surface area contributed by atoms with Crippen LogP contribution in [0.2, 0.25) is 0 Å². The molecule has 2 aliphatic rings. The van der Waals surface area contributed by atoms with E-state index in [0.29, 0.717) is 36.5 Å². The molecule has 1 aliphatic heterocycles. The number of carboxylic acids is 1. The highest BCUT2D eigenvalue weighted by atomic mass is 19.4. The summed E-state index contributed by atoms with van der Waals surface area (Å²) in [5.41, 5.74) is -0.468. The van der Waals surface area contributed by atoms with Crippen LogP contribution >= 0.6 is 0 Å². The number of amides is 2. The van der Waals surface area contributed by atoms with Crippen molar-refractivity contribution >= 4 is 17.7 Å². The Balaban J connectivity index is 0.000000616. The number of aliphatic carboxylic acids is 1. The van der Waals surface area contributed by atoms with E-state index in [2.05, 4.69) is 28.6 Å². The second kappa shape index (κ2) is 12.6. The third-order valence-electron chi connectivity index (χ3n) is 7.59. The third-order valence-corrected chi connectivity index (χ3v) is 7.59. The Bertz CT molecular complexity index is 1290. The predicted octanol–water partition coefficient (Wildman–Crippen LogP) is 5.81. The van der Waals surface area contributed by atoms with Crippen molar-refractivity contribution < 1.29 is 54.9 Å². The maximum Gasteiger partial charge on any atom is 0.490 e. The summed E-state index contributed by atoms with van der Waals surface area (Å²) in [5.74, 6) is -2.80. The summed E-state index contributed by atoms with van der Waals surface area (Å²) in [5, 5.41) is 12.4. The van der Waals surface area contributed by atoms with Crippen LogP contribution in [-0.2, 0) is 16.4 Å². The number of alkyl halides is 6. The van der Waals surface area contributed by atoms with Gasteiger partial charge in [0.05, 0.1) is 19.8 Å². The highest BCUT2D eigenvalue weighted by Gasteiger charge is 2.50. The van der Waals surface area contributed by atoms with Crippen LogP contribution in [0.25, 0.3) is 0 Å². The molecule has 232 valence electrons. The molecule has 2 fully saturated rings. The third kappa shape index (κ3) is 7.36. The van der Waals surface area contributed by atoms with Gasteiger partial charge in [-0.25, -0.2) is 14.0 Å². The first-order valence-electron chi connectivity index (χ1n) is 12.7. The minimum absolute atomic E-state index is 0.0957. The second-order valence-corrected chi connectivity index (χ2v) is 10.0. The van der Waals surface area contributed by atoms with Gasteiger partial charge in [-0.05, 0) is 75.2 Å². The van der Waals surface area contributed by atoms with Crippen molar-refractivity contribution in [2.45, 2.75) is 55.5 Å². The number of carbonyl (C=O) groups excluding carboxylic acids is 1. The number of likely N-dealkylation sites (tertiary alicyclic amines) is 1. The molecule has 8 nitrogen and oxygen atoms in total. The summed E-state index contributed by atoms with van der Waals surface area (Å²) < 4.78 is 95.1. The summed E-state index contributed by atoms with van der Waals surface area (Å²) in [6.07, 6.45) is -6.73. The van der Waals surface area contributed by atoms with Crippen molar-refractivity contribution in [3.63, 3.8) is 0 Å². The lowest BCUT2D eigenvalue weighted by atomic mass is 9.65. The summed E-state index contributed by atoms with van der Waals surface area (Å²) in [6, 6.07) is 7.81. The van der Waals surface area contributed by atoms with E-state index in [1.165, 1.54) is 5.56 Å². The number of anilines is 1. The van der Waals surface area contributed by atoms with Gasteiger partial charge >= 0.3 is 24.4 Å². The second-order valence-electron chi connectivity index (χ2n) is 10.0. The normalized spacial score (nSPS) is 22.3. The number of likely N-dealkylation sites (N-methyl/N-ethyl adjacent to an activating group) is 1. The average Bonchev–Trinajstić information content (AvgIpc) is 3.25. The molecule has 1 saturated carbocycles. The Morgan fingerprint density at radius 3 is 2.21 bits per heavy atom. The van der Waals surface area contributed by atoms with E-state index in [0.717, 1.165) is 25.5 Å². The number of ether oxygens (including phenoxy) is 2. The zero-order chi connectivity index (χ0) is 31.5. The molecule has 0 aromatic heterocycles. The minimum atomic E-state index is -5.08. The summed E-state index contributed by atoms with van der Waals surface area (Å²) in [7, 11) is 5.27. The van der Waals surface area contributed by atoms with Gasteiger partial charge in [0, 0.05) is 23.2 Å². The van der Waals surface area contributed by atoms with E-state index in [9.17, 15) is 35.5 Å². The molecule has 15 heteroatoms. The quantitative estimate of drug-likeness (QED) is 0.370. The molecular formula is C27H30F7N3O5. The number of urea groups is 1. The molecule has 0 unspecified atom stereocenters. The van der Waals surface area contributed by atoms with Gasteiger partial charge in [0.25, 0.3) is 0 Å². The lowest BCUT2D eigenvalue weighted by Gasteiger charge is -2.45. The van der Waals surface area contributed by atoms with Gasteiger partial charge in [0.15, 0.2) is 11.5 Å². The van der Waals surface area contributed by atoms with Crippen LogP contribution in [0, 0.1) is 5.82 Å². The molecule has 1 aliphatic carbocycles. The molecule has 1 heterocycles. The smallest absolute Gasteiger partial charge is 0.490 e. The Hall–Kier alpha value is -3.75. The van der Waals surface area contributed by atoms with Crippen LogP contribution in [-0.4, -0.2) is 68.1 Å². The molecule has 4 rings (SSSR count). The zero-order valence-corrected chi connectivity index (χ0v) is 22.8. The summed E-state index contributed by atoms with van der Waals surface area (Å²) in [6.45, 7) is 0.910. The van der Waals surface area contributed by atoms with E-state index in [-0.39, 0.29) is 23.2 Å². The number of carbonyl (C=O) groups is 2. The molecule has 2 aromatic carbocycles. The molecule has 2 aromatic rings. The fourth-order valence-corrected chi connectivity index (χ4v) is 5.57. The predicted molar refractivity (Wildman–Crippen MR) is 137 cm³/mol. The number of hydrogen-bond acceptors (Lipinski definition) is 5. The lowest BCUT2D eigenvalue weighted by molar-refractivity contribution is -0.192. The standard InChI is InChI=1S/C25H29F4N3O3.C2HF3O2/c1-32-11-10-24(15-4-7-20(34-2)21(12-15)35-3)9-8-17(14-22(24)32)31-23(33)30-16-5-6-19(26)18(13-16)25(27,28)29;3-2(4,5)1(6)7/h4-7,12-13,17,22H,8-11,14H2,1-3H3,(H2,30,31,33);(H,6,7)/t17-,22+,24+;/m1./s1. The Kier molecular flexibility index (Phi) is 9.85. The van der Waals surface area contributed by atoms with Crippen molar-refractivity contribution in [1.29, 1.82) is 0 Å². The van der Waals surface area contributed by atoms with Crippen molar-refractivity contribution in [2.75, 3.05) is 33.1 Å². The van der Waals surface area contributed by atoms with E-state index in [1.54, 1.807) is 14.2 Å². The molecule has 3 N–H and O–H groups in total. The van der Waals surface area contributed by atoms with Gasteiger partial charge in [-0.15, -0.1) is 0 Å². The Morgan fingerprint density at radius 2 is 1.64 bits per heavy atom. The highest BCUT2D eigenvalue weighted by molar-refractivity contribution is 5.89. The van der Waals surface area contributed by atoms with E-state index >= 15 is 0 Å². The van der Waals surface area contributed by atoms with Crippen LogP contribution in [0.3, 0.4) is 0 Å². The average molecular weight is 610 g/mol. The molecule has 0 bridgehead atoms. The molecule has 1 saturated heterocycles. The van der Waals surface area contributed by atoms with Gasteiger partial charge < -0.3 is 30.1 Å². The Labute approximate surface area is 236 Å². The van der Waals surface area contributed by atoms with Crippen LogP contribution in [0.5, 0.6) is 11.5 Å². The van der Waals surface area contributed by atoms with Crippen molar-refractivity contribution in [1.82, 2.24) is 10.2 Å². The van der Waals surface area contributed by atoms with E-state index in [1.807, 2.05) is 12.1 Å². The molecule has 0 spiro atoms. The monoisotopic (exact) mass is 609 g/mol. The number of hydrogen-bond donors (Lipinski definition) is 3. The first-order chi connectivity index (χ1) is 19.5. The number of benzene rings is 2. The largest absolute Gasteiger partial charge is 0.493 e. The number of nitrogens with one attached hydrogen (secondary N) is 2. The van der Waals surface area contributed by atoms with Gasteiger partial charge in [-0.3, -0.25) is 0 Å². The lowest BCUT2D eigenvalue weighted by Crippen LogP contribution is -2.52. The Morgan fingerprint density at radius 1 is 1.00 bits per heavy atom. The fourth-order valence-electron chi connectivity index (χ4n) is 5.57. The molecule has 0 radical (unpaired) electrons. The van der Waals surface area contributed by atoms with Crippen molar-refractivity contribution in [3.8, 4) is 11.5 Å². The van der Waals surface area contributed by atoms with Crippen molar-refractivity contribution in [3.05, 3.63) is 53.3 Å². The summed E-state index contributed by atoms with van der Waals surface area (Å²) >= 11 is 0. The zero-order valence-electron chi connectivity index (χ0n) is 22.8. The first kappa shape index (κ1) is 32.8. The number of methoxy groups -OCH3 is 2. The number of carboxylic acid groups (broad SMARTS) is 1. The number of fused-ring (bicyclic) bond motifs is 1. The summed E-state index contributed by atoms with van der Waals surface area (Å²) in [4.78, 5) is 23.7. The number of rotatable bonds is 5. The maximum atomic E-state index is 13.5. The SMILES string of the molecule is COc1ccc([C@@]23CC[C@@H](NC(=O)Nc4ccc(F)c(C(F)(F)F)c4)C[C@@H]2N(C)CC3)cc1OC.O=C(O)C(F)(F)F. The molecular weight excluding hydrogens is 579 g/mol. The van der Waals surface area contributed by atoms with Crippen LogP contribution in [0.15, 0.2) is 36.4 Å². The first-order valence-corrected chi connectivity index (χ1v) is 12.7. The molecule has 3 atom stereocenters. The van der Waals surface area contributed by atoms with Gasteiger partial charge in [0.1, 0.15) is 5.82 Å². The minimum Gasteiger partial charge on any atom is -0.493 e. The number of nitrogens with zero attached hydrogens (tertiary/aromatic N) is 1. The van der Waals surface area contributed by atoms with E-state index < -0.39 is 35.7 Å². The number of halogens is 7. The highest BCUT2D eigenvalue weighted by Crippen LogP contribution is 2.50. The maximum absolute atomic E-state index is 13.5. The van der Waals surface area contributed by atoms with Crippen LogP contribution in [0.4, 0.5) is 41.2 Å². The van der Waals surface area contributed by atoms with Gasteiger partial charge in [-0.1, -0.05) is 6.07 Å². The topological polar surface area (TPSA) is 100 Å². The van der Waals surface area contributed by atoms with Gasteiger partial charge in [0.2, 0.25) is 0 Å². The molecule has 2 amide bonds. The van der Waals surface area contributed by atoms with Gasteiger partial charge in [-0.2, -0.15) is 26.3 Å². The van der Waals surface area contributed by atoms with Crippen molar-refractivity contribution in [2.24, 2.45) is 0 Å². The van der Waals surface area contributed by atoms with Crippen LogP contribution in [0.1, 0.15) is 36.8 Å². The fraction of sp³-hybridized carbons (Fsp3) is 0.481. The van der Waals surface area contributed by atoms with E-state index in [4.69, 9.17) is 19.4 Å². The van der Waals surface area contributed by atoms with Crippen LogP contribution < -0.4 is 20.1 Å². The molecule has 42 heavy (non-hydrogen) atoms.